The van der Waals surface area contributed by atoms with Gasteiger partial charge in [0, 0.05) is 6.07 Å². The fourth-order valence-electron chi connectivity index (χ4n) is 0.804. The minimum Gasteiger partial charge on any atom is -0.545 e. The lowest BCUT2D eigenvalue weighted by Gasteiger charge is -2.09. The van der Waals surface area contributed by atoms with Crippen LogP contribution in [-0.2, 0) is 4.79 Å². The van der Waals surface area contributed by atoms with Crippen molar-refractivity contribution < 1.29 is 15.6 Å². The molecule has 0 aromatic heterocycles. The van der Waals surface area contributed by atoms with Gasteiger partial charge >= 0.3 is 0 Å². The number of benzene rings is 1. The van der Waals surface area contributed by atoms with E-state index in [1.807, 2.05) is 6.07 Å². The highest BCUT2D eigenvalue weighted by Gasteiger charge is 2.20. The van der Waals surface area contributed by atoms with Crippen LogP contribution in [0.2, 0.25) is 0 Å². The van der Waals surface area contributed by atoms with E-state index < -0.39 is 9.76 Å². The van der Waals surface area contributed by atoms with Gasteiger partial charge in [0.05, 0.1) is 5.97 Å². The second-order valence-electron chi connectivity index (χ2n) is 3.20. The Kier molecular flexibility index (Phi) is 6.11. The van der Waals surface area contributed by atoms with Crippen molar-refractivity contribution in [2.45, 2.75) is 17.6 Å². The van der Waals surface area contributed by atoms with Gasteiger partial charge in [-0.15, -0.1) is 0 Å². The zero-order valence-electron chi connectivity index (χ0n) is 8.89. The molecule has 1 rings (SSSR count). The van der Waals surface area contributed by atoms with E-state index in [4.69, 9.17) is 34.8 Å². The van der Waals surface area contributed by atoms with Crippen LogP contribution < -0.4 is 10.8 Å². The van der Waals surface area contributed by atoms with E-state index in [-0.39, 0.29) is 0 Å². The molecule has 0 aliphatic carbocycles. The maximum absolute atomic E-state index is 9.51. The number of carbonyl (C=O) groups excluding carboxylic acids is 1. The number of rotatable bonds is 0. The molecule has 0 fully saturated rings. The fraction of sp³-hybridized carbons (Fsp3) is 0.300. The molecule has 0 spiro atoms. The molecule has 16 heavy (non-hydrogen) atoms. The second kappa shape index (κ2) is 6.30. The van der Waals surface area contributed by atoms with Crippen molar-refractivity contribution in [3.63, 3.8) is 0 Å². The van der Waals surface area contributed by atoms with Crippen molar-refractivity contribution in [3.05, 3.63) is 29.3 Å². The van der Waals surface area contributed by atoms with Crippen LogP contribution in [-0.4, -0.2) is 9.76 Å². The Labute approximate surface area is 109 Å². The maximum atomic E-state index is 9.51. The average Bonchev–Trinajstić information content (AvgIpc) is 2.11. The highest BCUT2D eigenvalue weighted by atomic mass is 35.6. The van der Waals surface area contributed by atoms with E-state index in [2.05, 4.69) is 31.7 Å². The molecule has 0 aliphatic heterocycles. The molecule has 0 bridgehead atoms. The van der Waals surface area contributed by atoms with Crippen molar-refractivity contribution in [2.24, 2.45) is 0 Å². The molecule has 0 atom stereocenters. The van der Waals surface area contributed by atoms with Gasteiger partial charge in [0.25, 0.3) is 0 Å². The summed E-state index contributed by atoms with van der Waals surface area (Å²) in [6.45, 7) is 4.21. The molecule has 0 radical (unpaired) electrons. The van der Waals surface area contributed by atoms with E-state index in [1.165, 1.54) is 11.1 Å². The van der Waals surface area contributed by atoms with E-state index in [0.29, 0.717) is 0 Å². The molecule has 6 heteroatoms. The molecular weight excluding hydrogens is 272 g/mol. The van der Waals surface area contributed by atoms with Crippen LogP contribution in [0.15, 0.2) is 18.2 Å². The van der Waals surface area contributed by atoms with Gasteiger partial charge in [-0.05, 0) is 31.0 Å². The Hall–Kier alpha value is -0.480. The van der Waals surface area contributed by atoms with E-state index in [9.17, 15) is 9.90 Å². The summed E-state index contributed by atoms with van der Waals surface area (Å²) < 4.78 is -2.28. The Morgan fingerprint density at radius 1 is 1.25 bits per heavy atom. The number of hydrogen-bond acceptors (Lipinski definition) is 2. The Bertz CT molecular complexity index is 375. The van der Waals surface area contributed by atoms with Gasteiger partial charge in [0.2, 0.25) is 3.79 Å². The second-order valence-corrected chi connectivity index (χ2v) is 5.49. The van der Waals surface area contributed by atoms with Crippen molar-refractivity contribution in [1.29, 1.82) is 0 Å². The Morgan fingerprint density at radius 2 is 1.69 bits per heavy atom. The van der Waals surface area contributed by atoms with Gasteiger partial charge in [-0.2, -0.15) is 0 Å². The molecule has 0 saturated carbocycles. The molecule has 3 N–H and O–H groups in total. The number of carboxylic acids is 1. The molecule has 0 saturated heterocycles. The molecule has 1 aromatic rings. The molecule has 90 valence electrons. The standard InChI is InChI=1S/C8H11N.C2HCl3O2/c1-6-3-4-8(9)5-7(6)2;3-2(4,5)1(6)7/h3-5H,9H2,1-2H3;(H,6,7). The summed E-state index contributed by atoms with van der Waals surface area (Å²) in [7, 11) is 0. The van der Waals surface area contributed by atoms with Crippen LogP contribution in [0.25, 0.3) is 0 Å². The van der Waals surface area contributed by atoms with Crippen LogP contribution >= 0.6 is 34.8 Å². The van der Waals surface area contributed by atoms with Crippen LogP contribution in [0.3, 0.4) is 0 Å². The Morgan fingerprint density at radius 3 is 1.94 bits per heavy atom. The first kappa shape index (κ1) is 15.5. The van der Waals surface area contributed by atoms with Crippen molar-refractivity contribution in [1.82, 2.24) is 0 Å². The molecule has 0 heterocycles. The van der Waals surface area contributed by atoms with Crippen molar-refractivity contribution in [3.8, 4) is 0 Å². The summed E-state index contributed by atoms with van der Waals surface area (Å²) in [5.74, 6) is -1.71. The van der Waals surface area contributed by atoms with Gasteiger partial charge in [0.1, 0.15) is 5.69 Å². The van der Waals surface area contributed by atoms with Crippen LogP contribution in [0, 0.1) is 13.8 Å². The number of aliphatic carboxylic acids is 1. The summed E-state index contributed by atoms with van der Waals surface area (Å²) in [5, 5.41) is 9.51. The Balaban J connectivity index is 0.000000293. The van der Waals surface area contributed by atoms with Crippen LogP contribution in [0.5, 0.6) is 0 Å². The first-order valence-corrected chi connectivity index (χ1v) is 5.45. The summed E-state index contributed by atoms with van der Waals surface area (Å²) in [4.78, 5) is 9.51. The van der Waals surface area contributed by atoms with Gasteiger partial charge in [-0.1, -0.05) is 40.9 Å². The zero-order valence-corrected chi connectivity index (χ0v) is 11.2. The third kappa shape index (κ3) is 6.18. The number of carboxylic acid groups (broad SMARTS) is 1. The SMILES string of the molecule is Cc1ccc([NH3+])cc1C.O=C([O-])C(Cl)(Cl)Cl. The van der Waals surface area contributed by atoms with Crippen LogP contribution in [0.1, 0.15) is 11.1 Å². The zero-order chi connectivity index (χ0) is 12.9. The number of quaternary nitrogens is 1. The number of aryl methyl sites for hydroxylation is 2. The third-order valence-corrected chi connectivity index (χ3v) is 2.27. The summed E-state index contributed by atoms with van der Waals surface area (Å²) in [5.41, 5.74) is 7.58. The van der Waals surface area contributed by atoms with Gasteiger partial charge in [-0.25, -0.2) is 0 Å². The molecule has 1 aromatic carbocycles. The highest BCUT2D eigenvalue weighted by Crippen LogP contribution is 2.24. The monoisotopic (exact) mass is 283 g/mol. The normalized spacial score (nSPS) is 10.4. The van der Waals surface area contributed by atoms with Gasteiger partial charge < -0.3 is 15.6 Å². The topological polar surface area (TPSA) is 67.8 Å². The van der Waals surface area contributed by atoms with Gasteiger partial charge in [0.15, 0.2) is 0 Å². The van der Waals surface area contributed by atoms with E-state index >= 15 is 0 Å². The third-order valence-electron chi connectivity index (χ3n) is 1.80. The van der Waals surface area contributed by atoms with Crippen molar-refractivity contribution in [2.75, 3.05) is 0 Å². The summed E-state index contributed by atoms with van der Waals surface area (Å²) >= 11 is 14.2. The number of hydrogen-bond donors (Lipinski definition) is 1. The quantitative estimate of drug-likeness (QED) is 0.729. The molecular formula is C10H12Cl3NO2. The smallest absolute Gasteiger partial charge is 0.230 e. The summed E-state index contributed by atoms with van der Waals surface area (Å²) in [6.07, 6.45) is 0. The largest absolute Gasteiger partial charge is 0.545 e. The lowest BCUT2D eigenvalue weighted by molar-refractivity contribution is -0.304. The lowest BCUT2D eigenvalue weighted by atomic mass is 10.1. The van der Waals surface area contributed by atoms with Gasteiger partial charge in [-0.3, -0.25) is 0 Å². The maximum Gasteiger partial charge on any atom is 0.230 e. The predicted molar refractivity (Wildman–Crippen MR) is 63.8 cm³/mol. The van der Waals surface area contributed by atoms with Crippen LogP contribution in [0.4, 0.5) is 5.69 Å². The molecule has 0 unspecified atom stereocenters. The first-order valence-electron chi connectivity index (χ1n) is 4.32. The van der Waals surface area contributed by atoms with E-state index in [1.54, 1.807) is 0 Å². The highest BCUT2D eigenvalue weighted by molar-refractivity contribution is 6.75. The number of alkyl halides is 3. The minimum absolute atomic E-state index is 1.10. The van der Waals surface area contributed by atoms with Crippen molar-refractivity contribution >= 4 is 46.5 Å². The fourth-order valence-corrected chi connectivity index (χ4v) is 0.804. The van der Waals surface area contributed by atoms with E-state index in [0.717, 1.165) is 5.69 Å². The number of carbonyl (C=O) groups is 1. The molecule has 0 aliphatic rings. The molecule has 0 amide bonds. The summed E-state index contributed by atoms with van der Waals surface area (Å²) in [6, 6.07) is 6.22. The predicted octanol–water partition coefficient (Wildman–Crippen LogP) is 1.28. The first-order chi connectivity index (χ1) is 7.14. The minimum atomic E-state index is -2.28. The number of halogens is 3. The lowest BCUT2D eigenvalue weighted by Crippen LogP contribution is -2.40. The molecule has 3 nitrogen and oxygen atoms in total. The average molecular weight is 285 g/mol.